The van der Waals surface area contributed by atoms with Crippen molar-refractivity contribution in [3.8, 4) is 0 Å². The van der Waals surface area contributed by atoms with Crippen LogP contribution in [0.2, 0.25) is 30.1 Å². The molecule has 0 saturated heterocycles. The lowest BCUT2D eigenvalue weighted by atomic mass is 9.69. The summed E-state index contributed by atoms with van der Waals surface area (Å²) in [6.45, 7) is 27.1. The number of carbonyl (C=O) groups excluding carboxylic acids is 6. The number of carbonyl (C=O) groups is 8. The number of aliphatic carboxylic acids is 1. The van der Waals surface area contributed by atoms with Gasteiger partial charge in [-0.25, -0.2) is 24.2 Å². The average molecular weight is 1820 g/mol. The predicted molar refractivity (Wildman–Crippen MR) is 481 cm³/mol. The van der Waals surface area contributed by atoms with Crippen LogP contribution in [0.3, 0.4) is 0 Å². The molecule has 13 rings (SSSR count). The molecule has 658 valence electrons. The molecule has 27 nitrogen and oxygen atoms in total. The number of halogens is 7. The number of aliphatic imine (C=N–C) groups is 3. The number of aromatic amines is 1. The molecular weight excluding hydrogens is 1710 g/mol. The summed E-state index contributed by atoms with van der Waals surface area (Å²) in [6, 6.07) is 34.0. The summed E-state index contributed by atoms with van der Waals surface area (Å²) in [7, 11) is 1.36. The number of esters is 1. The molecule has 0 radical (unpaired) electrons. The predicted octanol–water partition coefficient (Wildman–Crippen LogP) is 20.1. The summed E-state index contributed by atoms with van der Waals surface area (Å²) in [4.78, 5) is 114. The van der Waals surface area contributed by atoms with Crippen molar-refractivity contribution >= 4 is 153 Å². The highest BCUT2D eigenvalue weighted by atomic mass is 35.5. The molecule has 34 heteroatoms. The van der Waals surface area contributed by atoms with Gasteiger partial charge in [0.25, 0.3) is 23.7 Å². The normalized spacial score (nSPS) is 18.9. The lowest BCUT2D eigenvalue weighted by molar-refractivity contribution is -0.139. The van der Waals surface area contributed by atoms with Gasteiger partial charge in [-0.05, 0) is 237 Å². The maximum atomic E-state index is 13.9. The number of carboxylic acid groups (broad SMARTS) is 2. The lowest BCUT2D eigenvalue weighted by Crippen LogP contribution is -2.49. The molecule has 3 fully saturated rings. The number of ketones is 1. The number of benzene rings is 6. The van der Waals surface area contributed by atoms with Crippen molar-refractivity contribution in [3.63, 3.8) is 0 Å². The minimum atomic E-state index is -1.29. The van der Waals surface area contributed by atoms with Crippen molar-refractivity contribution in [3.05, 3.63) is 208 Å². The SMILES string of the molecule is C.CC(C)(C)C1CCC(=O)CC1.CC(C)(C)C1CCC2(CC1)N=C(c1cc(Cl)cc(Cl)c1)C(=O)N2Cc1ccc(C(=O)Nc2nn[nH]n2)cc1.CC(C)(C)C1CCC2(CC1)N=C(c1cc(Cl)cc(Cl)c1)C(=O)N2Cc1ccc(C(=O)O)cc1.CC(C)(C)OC(=O)NC(C(=O)O)c1cc(Cl)cc(Cl)c1.COC(=O)c1ccc(CN)cc1.Cl.NC1=NCN=N1. The number of hydrogen-bond acceptors (Lipinski definition) is 20. The fourth-order valence-electron chi connectivity index (χ4n) is 14.8. The number of aromatic nitrogens is 4. The van der Waals surface area contributed by atoms with E-state index in [1.54, 1.807) is 106 Å². The standard InChI is InChI=1S/C27H29Cl2N7O2.C26H28Cl2N2O3.C13H15Cl2NO4.C10H18O.C9H11NO2.C2H4N4.CH4.ClH/c1-26(2,3)19-8-10-27(11-9-19)31-22(18-12-20(28)14-21(29)13-18)24(38)36(27)15-16-4-6-17(7-5-16)23(37)30-25-32-34-35-33-25;1-25(2,3)19-8-10-26(11-9-19)29-22(18-12-20(27)14-21(28)13-18)23(31)30(26)15-16-4-6-17(7-5-16)24(32)33;1-13(2,3)20-12(19)16-10(11(17)18)7-4-8(14)6-9(15)5-7;1-10(2,3)8-4-6-9(11)7-5-8;1-12-9(11)8-4-2-7(6-10)3-5-8;3-2-4-1-5-6-2;;/h4-7,12-14,19H,8-11,15H2,1-3H3,(H2,30,32,33,34,35,37);4-7,12-14,19H,8-11,15H2,1-3H3,(H,32,33);4-6,10H,1-3H3,(H,16,19)(H,17,18);8H,4-7H2,1-3H3;2-5H,6,10H2,1H3;1H2,(H2,3,4);1H4;1H. The number of nitrogens with two attached hydrogens (primary N) is 2. The first kappa shape index (κ1) is 101. The second-order valence-electron chi connectivity index (χ2n) is 34.2. The van der Waals surface area contributed by atoms with Crippen LogP contribution in [-0.4, -0.2) is 136 Å². The third-order valence-corrected chi connectivity index (χ3v) is 22.8. The second-order valence-corrected chi connectivity index (χ2v) is 36.9. The maximum Gasteiger partial charge on any atom is 0.408 e. The van der Waals surface area contributed by atoms with Crippen molar-refractivity contribution in [2.45, 2.75) is 210 Å². The number of azo groups is 1. The number of alkyl carbamates (subject to hydrolysis) is 1. The summed E-state index contributed by atoms with van der Waals surface area (Å²) >= 11 is 36.6. The van der Waals surface area contributed by atoms with E-state index in [4.69, 9.17) is 95.8 Å². The smallest absolute Gasteiger partial charge is 0.408 e. The van der Waals surface area contributed by atoms with Crippen LogP contribution in [0.1, 0.15) is 238 Å². The van der Waals surface area contributed by atoms with E-state index in [1.165, 1.54) is 25.3 Å². The van der Waals surface area contributed by atoms with E-state index in [-0.39, 0.29) is 87.4 Å². The van der Waals surface area contributed by atoms with Crippen molar-refractivity contribution in [2.24, 2.45) is 70.7 Å². The Morgan fingerprint density at radius 2 is 0.967 bits per heavy atom. The topological polar surface area (TPSA) is 394 Å². The van der Waals surface area contributed by atoms with Crippen LogP contribution in [0.4, 0.5) is 10.7 Å². The van der Waals surface area contributed by atoms with E-state index in [2.05, 4.69) is 114 Å². The summed E-state index contributed by atoms with van der Waals surface area (Å²) in [5.74, 6) is -0.443. The molecule has 1 atom stereocenters. The fraction of sp³-hybridized carbons (Fsp3) is 0.455. The van der Waals surface area contributed by atoms with Crippen LogP contribution in [0.25, 0.3) is 0 Å². The summed E-state index contributed by atoms with van der Waals surface area (Å²) < 4.78 is 9.56. The molecule has 6 aliphatic rings. The number of hydrogen-bond donors (Lipinski definition) is 7. The Bertz CT molecular complexity index is 4860. The first-order valence-electron chi connectivity index (χ1n) is 39.3. The van der Waals surface area contributed by atoms with Gasteiger partial charge in [0.2, 0.25) is 5.96 Å². The van der Waals surface area contributed by atoms with Gasteiger partial charge in [0.1, 0.15) is 34.1 Å². The van der Waals surface area contributed by atoms with Crippen LogP contribution in [0.15, 0.2) is 153 Å². The van der Waals surface area contributed by atoms with E-state index in [9.17, 15) is 48.6 Å². The van der Waals surface area contributed by atoms with Gasteiger partial charge >= 0.3 is 24.0 Å². The van der Waals surface area contributed by atoms with Gasteiger partial charge in [-0.15, -0.1) is 22.6 Å². The number of nitrogens with one attached hydrogen (secondary N) is 3. The number of guanidine groups is 1. The van der Waals surface area contributed by atoms with Crippen molar-refractivity contribution in [1.29, 1.82) is 0 Å². The van der Waals surface area contributed by atoms with E-state index >= 15 is 0 Å². The highest BCUT2D eigenvalue weighted by Gasteiger charge is 2.52. The second kappa shape index (κ2) is 44.2. The molecular formula is C88H110Cl7N15O12. The molecule has 6 aromatic carbocycles. The molecule has 4 heterocycles. The monoisotopic (exact) mass is 1810 g/mol. The molecule has 0 bridgehead atoms. The summed E-state index contributed by atoms with van der Waals surface area (Å²) in [5.41, 5.74) is 15.5. The van der Waals surface area contributed by atoms with E-state index in [0.29, 0.717) is 103 Å². The maximum absolute atomic E-state index is 13.9. The van der Waals surface area contributed by atoms with Gasteiger partial charge in [0, 0.05) is 79.3 Å². The van der Waals surface area contributed by atoms with Crippen LogP contribution < -0.4 is 22.1 Å². The largest absolute Gasteiger partial charge is 0.479 e. The Balaban J connectivity index is 0.000000247. The Labute approximate surface area is 749 Å². The number of amides is 4. The molecule has 7 aromatic rings. The number of aromatic carboxylic acids is 1. The molecule has 3 aliphatic carbocycles. The Morgan fingerprint density at radius 1 is 0.574 bits per heavy atom. The van der Waals surface area contributed by atoms with Gasteiger partial charge in [-0.2, -0.15) is 10.3 Å². The van der Waals surface area contributed by atoms with Crippen molar-refractivity contribution in [2.75, 3.05) is 19.1 Å². The van der Waals surface area contributed by atoms with Crippen LogP contribution in [0.5, 0.6) is 0 Å². The van der Waals surface area contributed by atoms with E-state index < -0.39 is 41.0 Å². The first-order chi connectivity index (χ1) is 56.3. The van der Waals surface area contributed by atoms with Crippen molar-refractivity contribution < 1.29 is 58.0 Å². The molecule has 4 amide bonds. The fourth-order valence-corrected chi connectivity index (χ4v) is 16.4. The summed E-state index contributed by atoms with van der Waals surface area (Å²) in [5, 5.41) is 45.7. The quantitative estimate of drug-likeness (QED) is 0.0497. The number of H-pyrrole nitrogens is 1. The number of nitrogens with zero attached hydrogens (tertiary/aromatic N) is 10. The number of tetrazole rings is 1. The Kier molecular flexibility index (Phi) is 36.8. The third-order valence-electron chi connectivity index (χ3n) is 21.5. The lowest BCUT2D eigenvalue weighted by Gasteiger charge is -2.45. The van der Waals surface area contributed by atoms with Crippen molar-refractivity contribution in [1.82, 2.24) is 35.7 Å². The first-order valence-corrected chi connectivity index (χ1v) is 41.5. The minimum absolute atomic E-state index is 0. The number of carboxylic acids is 2. The highest BCUT2D eigenvalue weighted by Crippen LogP contribution is 2.50. The van der Waals surface area contributed by atoms with E-state index in [1.807, 2.05) is 34.1 Å². The molecule has 1 unspecified atom stereocenters. The van der Waals surface area contributed by atoms with Gasteiger partial charge in [-0.3, -0.25) is 34.5 Å². The van der Waals surface area contributed by atoms with Crippen LogP contribution in [-0.2, 0) is 48.3 Å². The van der Waals surface area contributed by atoms with Crippen LogP contribution in [0, 0.1) is 34.0 Å². The van der Waals surface area contributed by atoms with Gasteiger partial charge < -0.3 is 46.3 Å². The number of Topliss-reactive ketones (excluding diaryl/α,β-unsaturated/α-hetero) is 1. The Hall–Kier alpha value is -9.45. The van der Waals surface area contributed by atoms with Gasteiger partial charge in [-0.1, -0.05) is 181 Å². The van der Waals surface area contributed by atoms with Crippen LogP contribution >= 0.6 is 82.0 Å². The number of rotatable bonds is 14. The molecule has 1 aromatic heterocycles. The highest BCUT2D eigenvalue weighted by molar-refractivity contribution is 6.48. The molecule has 3 aliphatic heterocycles. The minimum Gasteiger partial charge on any atom is -0.479 e. The number of anilines is 1. The third kappa shape index (κ3) is 29.1. The van der Waals surface area contributed by atoms with Gasteiger partial charge in [0.15, 0.2) is 12.7 Å². The Morgan fingerprint density at radius 3 is 1.30 bits per heavy atom. The molecule has 3 saturated carbocycles. The molecule has 122 heavy (non-hydrogen) atoms. The zero-order valence-corrected chi connectivity index (χ0v) is 75.4. The van der Waals surface area contributed by atoms with Gasteiger partial charge in [0.05, 0.1) is 18.2 Å². The molecule has 9 N–H and O–H groups in total. The van der Waals surface area contributed by atoms with E-state index in [0.717, 1.165) is 99.7 Å². The average Bonchev–Trinajstić information content (AvgIpc) is 1.60. The zero-order chi connectivity index (χ0) is 88.4. The number of ether oxygens (including phenoxy) is 2. The zero-order valence-electron chi connectivity index (χ0n) is 70.0. The number of methoxy groups -OCH3 is 1. The summed E-state index contributed by atoms with van der Waals surface area (Å²) in [6.07, 6.45) is 10.1. The molecule has 2 spiro atoms.